The van der Waals surface area contributed by atoms with E-state index >= 15 is 0 Å². The van der Waals surface area contributed by atoms with Gasteiger partial charge in [0.1, 0.15) is 0 Å². The minimum Gasteiger partial charge on any atom is -0.397 e. The van der Waals surface area contributed by atoms with Gasteiger partial charge in [0.05, 0.1) is 11.2 Å². The number of hydrogen-bond donors (Lipinski definition) is 2. The first-order valence-corrected chi connectivity index (χ1v) is 6.41. The Balaban J connectivity index is 1.95. The predicted octanol–water partition coefficient (Wildman–Crippen LogP) is 3.96. The maximum atomic E-state index is 12.0. The number of hydrogen-bond acceptors (Lipinski definition) is 3. The van der Waals surface area contributed by atoms with Gasteiger partial charge in [0.25, 0.3) is 0 Å². The van der Waals surface area contributed by atoms with Crippen molar-refractivity contribution in [1.29, 1.82) is 0 Å². The second-order valence-corrected chi connectivity index (χ2v) is 4.60. The van der Waals surface area contributed by atoms with Crippen LogP contribution in [0.3, 0.4) is 0 Å². The number of aromatic nitrogens is 1. The molecule has 0 unspecified atom stereocenters. The summed E-state index contributed by atoms with van der Waals surface area (Å²) in [6, 6.07) is 7.25. The molecule has 0 atom stereocenters. The zero-order valence-corrected chi connectivity index (χ0v) is 10.9. The van der Waals surface area contributed by atoms with Crippen LogP contribution in [-0.2, 0) is 0 Å². The Kier molecular flexibility index (Phi) is 4.32. The minimum atomic E-state index is -4.07. The highest BCUT2D eigenvalue weighted by atomic mass is 19.4. The van der Waals surface area contributed by atoms with E-state index in [9.17, 15) is 13.2 Å². The Morgan fingerprint density at radius 2 is 1.95 bits per heavy atom. The van der Waals surface area contributed by atoms with E-state index in [1.807, 2.05) is 12.1 Å². The van der Waals surface area contributed by atoms with Gasteiger partial charge in [0, 0.05) is 30.2 Å². The van der Waals surface area contributed by atoms with Gasteiger partial charge in [0.15, 0.2) is 0 Å². The molecule has 0 bridgehead atoms. The van der Waals surface area contributed by atoms with E-state index in [1.165, 1.54) is 0 Å². The van der Waals surface area contributed by atoms with Crippen LogP contribution in [0.1, 0.15) is 19.3 Å². The van der Waals surface area contributed by atoms with Crippen molar-refractivity contribution in [2.45, 2.75) is 25.4 Å². The highest BCUT2D eigenvalue weighted by molar-refractivity contribution is 5.98. The van der Waals surface area contributed by atoms with E-state index in [1.54, 1.807) is 18.3 Å². The number of nitrogens with one attached hydrogen (secondary N) is 1. The topological polar surface area (TPSA) is 50.9 Å². The molecule has 2 rings (SSSR count). The van der Waals surface area contributed by atoms with Gasteiger partial charge in [-0.2, -0.15) is 13.2 Å². The van der Waals surface area contributed by atoms with Gasteiger partial charge in [0.2, 0.25) is 0 Å². The second-order valence-electron chi connectivity index (χ2n) is 4.60. The van der Waals surface area contributed by atoms with Crippen molar-refractivity contribution < 1.29 is 13.2 Å². The molecule has 3 N–H and O–H groups in total. The highest BCUT2D eigenvalue weighted by Gasteiger charge is 2.25. The number of rotatable bonds is 5. The maximum absolute atomic E-state index is 12.0. The van der Waals surface area contributed by atoms with Gasteiger partial charge < -0.3 is 11.1 Å². The summed E-state index contributed by atoms with van der Waals surface area (Å²) in [4.78, 5) is 4.20. The summed E-state index contributed by atoms with van der Waals surface area (Å²) >= 11 is 0. The van der Waals surface area contributed by atoms with Gasteiger partial charge in [-0.15, -0.1) is 0 Å². The SMILES string of the molecule is Nc1ccc(NCCCCC(F)(F)F)c2cccnc12. The minimum absolute atomic E-state index is 0.127. The van der Waals surface area contributed by atoms with Crippen LogP contribution in [0, 0.1) is 0 Å². The van der Waals surface area contributed by atoms with E-state index in [0.717, 1.165) is 11.1 Å². The molecule has 0 fully saturated rings. The van der Waals surface area contributed by atoms with Gasteiger partial charge in [-0.1, -0.05) is 0 Å². The Hall–Kier alpha value is -1.98. The molecule has 3 nitrogen and oxygen atoms in total. The van der Waals surface area contributed by atoms with Crippen molar-refractivity contribution in [1.82, 2.24) is 4.98 Å². The van der Waals surface area contributed by atoms with Crippen LogP contribution in [0.5, 0.6) is 0 Å². The quantitative estimate of drug-likeness (QED) is 0.645. The lowest BCUT2D eigenvalue weighted by Crippen LogP contribution is -2.09. The number of nitrogens with zero attached hydrogens (tertiary/aromatic N) is 1. The van der Waals surface area contributed by atoms with Crippen LogP contribution >= 0.6 is 0 Å². The fraction of sp³-hybridized carbons (Fsp3) is 0.357. The van der Waals surface area contributed by atoms with Crippen LogP contribution in [-0.4, -0.2) is 17.7 Å². The second kappa shape index (κ2) is 5.98. The molecular formula is C14H16F3N3. The molecule has 1 heterocycles. The highest BCUT2D eigenvalue weighted by Crippen LogP contribution is 2.26. The Labute approximate surface area is 115 Å². The van der Waals surface area contributed by atoms with E-state index in [2.05, 4.69) is 10.3 Å². The van der Waals surface area contributed by atoms with Crippen LogP contribution in [0.4, 0.5) is 24.5 Å². The van der Waals surface area contributed by atoms with Gasteiger partial charge in [-0.3, -0.25) is 4.98 Å². The summed E-state index contributed by atoms with van der Waals surface area (Å²) < 4.78 is 36.0. The van der Waals surface area contributed by atoms with Crippen molar-refractivity contribution in [2.75, 3.05) is 17.6 Å². The molecule has 0 amide bonds. The van der Waals surface area contributed by atoms with Crippen LogP contribution in [0.25, 0.3) is 10.9 Å². The monoisotopic (exact) mass is 283 g/mol. The Morgan fingerprint density at radius 1 is 1.15 bits per heavy atom. The van der Waals surface area contributed by atoms with Crippen molar-refractivity contribution >= 4 is 22.3 Å². The molecule has 0 aliphatic rings. The summed E-state index contributed by atoms with van der Waals surface area (Å²) in [5.74, 6) is 0. The molecule has 6 heteroatoms. The third kappa shape index (κ3) is 3.76. The normalized spacial score (nSPS) is 11.8. The summed E-state index contributed by atoms with van der Waals surface area (Å²) in [6.07, 6.45) is -2.56. The Morgan fingerprint density at radius 3 is 2.70 bits per heavy atom. The van der Waals surface area contributed by atoms with E-state index in [0.29, 0.717) is 24.2 Å². The first-order valence-electron chi connectivity index (χ1n) is 6.41. The van der Waals surface area contributed by atoms with E-state index in [-0.39, 0.29) is 6.42 Å². The van der Waals surface area contributed by atoms with Crippen LogP contribution in [0.15, 0.2) is 30.5 Å². The van der Waals surface area contributed by atoms with Gasteiger partial charge in [-0.05, 0) is 37.1 Å². The van der Waals surface area contributed by atoms with E-state index < -0.39 is 12.6 Å². The standard InChI is InChI=1S/C14H16F3N3/c15-14(16,17)7-1-2-8-19-12-6-5-11(18)13-10(12)4-3-9-20-13/h3-6,9,19H,1-2,7-8,18H2. The van der Waals surface area contributed by atoms with Gasteiger partial charge >= 0.3 is 6.18 Å². The fourth-order valence-corrected chi connectivity index (χ4v) is 2.02. The van der Waals surface area contributed by atoms with Crippen molar-refractivity contribution in [3.8, 4) is 0 Å². The Bertz CT molecular complexity index is 581. The molecule has 0 aliphatic carbocycles. The number of nitrogens with two attached hydrogens (primary N) is 1. The number of unbranched alkanes of at least 4 members (excludes halogenated alkanes) is 1. The number of fused-ring (bicyclic) bond motifs is 1. The molecule has 0 spiro atoms. The molecule has 108 valence electrons. The summed E-state index contributed by atoms with van der Waals surface area (Å²) in [6.45, 7) is 0.490. The molecule has 0 aliphatic heterocycles. The largest absolute Gasteiger partial charge is 0.397 e. The molecule has 20 heavy (non-hydrogen) atoms. The smallest absolute Gasteiger partial charge is 0.389 e. The lowest BCUT2D eigenvalue weighted by molar-refractivity contribution is -0.135. The zero-order valence-electron chi connectivity index (χ0n) is 10.9. The zero-order chi connectivity index (χ0) is 14.6. The number of halogens is 3. The molecule has 0 saturated heterocycles. The predicted molar refractivity (Wildman–Crippen MR) is 74.6 cm³/mol. The average molecular weight is 283 g/mol. The van der Waals surface area contributed by atoms with Gasteiger partial charge in [-0.25, -0.2) is 0 Å². The molecular weight excluding hydrogens is 267 g/mol. The molecule has 2 aromatic rings. The molecule has 1 aromatic carbocycles. The third-order valence-corrected chi connectivity index (χ3v) is 3.00. The summed E-state index contributed by atoms with van der Waals surface area (Å²) in [5.41, 5.74) is 7.96. The number of benzene rings is 1. The summed E-state index contributed by atoms with van der Waals surface area (Å²) in [7, 11) is 0. The number of nitrogen functional groups attached to an aromatic ring is 1. The van der Waals surface area contributed by atoms with Crippen molar-refractivity contribution in [2.24, 2.45) is 0 Å². The molecule has 0 saturated carbocycles. The first-order chi connectivity index (χ1) is 9.47. The number of anilines is 2. The lowest BCUT2D eigenvalue weighted by Gasteiger charge is -2.11. The third-order valence-electron chi connectivity index (χ3n) is 3.00. The van der Waals surface area contributed by atoms with Crippen molar-refractivity contribution in [3.63, 3.8) is 0 Å². The van der Waals surface area contributed by atoms with Crippen LogP contribution in [0.2, 0.25) is 0 Å². The maximum Gasteiger partial charge on any atom is 0.389 e. The molecule has 0 radical (unpaired) electrons. The lowest BCUT2D eigenvalue weighted by atomic mass is 10.1. The van der Waals surface area contributed by atoms with Crippen LogP contribution < -0.4 is 11.1 Å². The number of pyridine rings is 1. The van der Waals surface area contributed by atoms with E-state index in [4.69, 9.17) is 5.73 Å². The fourth-order valence-electron chi connectivity index (χ4n) is 2.02. The molecule has 1 aromatic heterocycles. The van der Waals surface area contributed by atoms with Crippen molar-refractivity contribution in [3.05, 3.63) is 30.5 Å². The summed E-state index contributed by atoms with van der Waals surface area (Å²) in [5, 5.41) is 4.02. The number of alkyl halides is 3. The average Bonchev–Trinajstić information content (AvgIpc) is 2.40. The first kappa shape index (κ1) is 14.4.